The van der Waals surface area contributed by atoms with Crippen LogP contribution in [-0.2, 0) is 16.2 Å². The van der Waals surface area contributed by atoms with E-state index in [9.17, 15) is 0 Å². The SMILES string of the molecule is CC(C)(C)c1ccnc(-n2c3ccccc3c3ccc(Oc4cccc(N5CN(c6c(C7(c8ccccc8)CCCCC7)cccc6C6(c7ccccc7)CCCCC6)c6ccccc65)c4)cc32)c1. The molecule has 344 valence electrons. The Morgan fingerprint density at radius 1 is 0.478 bits per heavy atom. The number of nitrogens with zero attached hydrogens (tertiary/aromatic N) is 4. The molecule has 3 heterocycles. The zero-order valence-corrected chi connectivity index (χ0v) is 40.4. The topological polar surface area (TPSA) is 33.5 Å². The number of pyridine rings is 1. The summed E-state index contributed by atoms with van der Waals surface area (Å²) in [7, 11) is 0. The summed E-state index contributed by atoms with van der Waals surface area (Å²) in [5.41, 5.74) is 14.1. The van der Waals surface area contributed by atoms with E-state index in [2.05, 4.69) is 217 Å². The van der Waals surface area contributed by atoms with Gasteiger partial charge in [0, 0.05) is 45.6 Å². The highest BCUT2D eigenvalue weighted by molar-refractivity contribution is 6.09. The van der Waals surface area contributed by atoms with Gasteiger partial charge >= 0.3 is 0 Å². The highest BCUT2D eigenvalue weighted by Gasteiger charge is 2.45. The van der Waals surface area contributed by atoms with E-state index in [0.29, 0.717) is 6.67 Å². The number of rotatable bonds is 9. The summed E-state index contributed by atoms with van der Waals surface area (Å²) in [4.78, 5) is 10.1. The van der Waals surface area contributed by atoms with Gasteiger partial charge in [-0.25, -0.2) is 4.98 Å². The molecule has 7 aromatic carbocycles. The van der Waals surface area contributed by atoms with Crippen molar-refractivity contribution in [3.8, 4) is 17.3 Å². The van der Waals surface area contributed by atoms with E-state index in [1.54, 1.807) is 0 Å². The lowest BCUT2D eigenvalue weighted by Gasteiger charge is -2.45. The highest BCUT2D eigenvalue weighted by atomic mass is 16.5. The first-order valence-electron chi connectivity index (χ1n) is 25.5. The molecule has 0 unspecified atom stereocenters. The lowest BCUT2D eigenvalue weighted by Crippen LogP contribution is -2.37. The fraction of sp³-hybridized carbons (Fsp3) is 0.266. The van der Waals surface area contributed by atoms with Crippen molar-refractivity contribution < 1.29 is 4.74 Å². The number of benzene rings is 7. The molecule has 0 amide bonds. The predicted molar refractivity (Wildman–Crippen MR) is 286 cm³/mol. The second kappa shape index (κ2) is 17.4. The van der Waals surface area contributed by atoms with Crippen molar-refractivity contribution in [2.75, 3.05) is 16.5 Å². The Morgan fingerprint density at radius 2 is 1.04 bits per heavy atom. The Morgan fingerprint density at radius 3 is 1.70 bits per heavy atom. The largest absolute Gasteiger partial charge is 0.457 e. The second-order valence-corrected chi connectivity index (χ2v) is 21.0. The first kappa shape index (κ1) is 43.2. The Kier molecular flexibility index (Phi) is 10.9. The third-order valence-electron chi connectivity index (χ3n) is 16.0. The van der Waals surface area contributed by atoms with Crippen LogP contribution in [0.25, 0.3) is 27.6 Å². The van der Waals surface area contributed by atoms with E-state index in [1.807, 2.05) is 6.20 Å². The molecular weight excluding hydrogens is 841 g/mol. The lowest BCUT2D eigenvalue weighted by atomic mass is 9.61. The summed E-state index contributed by atoms with van der Waals surface area (Å²) in [6, 6.07) is 67.7. The molecule has 9 aromatic rings. The van der Waals surface area contributed by atoms with Crippen molar-refractivity contribution in [1.82, 2.24) is 9.55 Å². The molecule has 2 aromatic heterocycles. The maximum absolute atomic E-state index is 6.90. The molecule has 0 bridgehead atoms. The van der Waals surface area contributed by atoms with Gasteiger partial charge in [-0.3, -0.25) is 4.57 Å². The third-order valence-corrected chi connectivity index (χ3v) is 16.0. The van der Waals surface area contributed by atoms with Crippen LogP contribution < -0.4 is 14.5 Å². The van der Waals surface area contributed by atoms with Crippen LogP contribution in [0.3, 0.4) is 0 Å². The van der Waals surface area contributed by atoms with Gasteiger partial charge < -0.3 is 14.5 Å². The van der Waals surface area contributed by atoms with E-state index in [1.165, 1.54) is 94.2 Å². The summed E-state index contributed by atoms with van der Waals surface area (Å²) in [5.74, 6) is 2.50. The van der Waals surface area contributed by atoms with E-state index < -0.39 is 0 Å². The Bertz CT molecular complexity index is 3220. The van der Waals surface area contributed by atoms with Crippen molar-refractivity contribution in [2.24, 2.45) is 0 Å². The van der Waals surface area contributed by atoms with Gasteiger partial charge in [-0.05, 0) is 114 Å². The van der Waals surface area contributed by atoms with E-state index in [-0.39, 0.29) is 16.2 Å². The summed E-state index contributed by atoms with van der Waals surface area (Å²) < 4.78 is 9.19. The number of aromatic nitrogens is 2. The van der Waals surface area contributed by atoms with Crippen LogP contribution in [0.5, 0.6) is 11.5 Å². The van der Waals surface area contributed by atoms with Gasteiger partial charge in [0.15, 0.2) is 0 Å². The minimum Gasteiger partial charge on any atom is -0.457 e. The predicted octanol–water partition coefficient (Wildman–Crippen LogP) is 17.0. The Hall–Kier alpha value is -7.11. The van der Waals surface area contributed by atoms with Crippen LogP contribution in [-0.4, -0.2) is 16.2 Å². The van der Waals surface area contributed by atoms with Gasteiger partial charge in [-0.2, -0.15) is 0 Å². The van der Waals surface area contributed by atoms with Crippen LogP contribution in [0.2, 0.25) is 0 Å². The Labute approximate surface area is 408 Å². The molecule has 0 atom stereocenters. The van der Waals surface area contributed by atoms with Crippen LogP contribution >= 0.6 is 0 Å². The zero-order chi connectivity index (χ0) is 46.6. The van der Waals surface area contributed by atoms with Gasteiger partial charge in [-0.15, -0.1) is 0 Å². The summed E-state index contributed by atoms with van der Waals surface area (Å²) >= 11 is 0. The van der Waals surface area contributed by atoms with E-state index in [4.69, 9.17) is 9.72 Å². The first-order chi connectivity index (χ1) is 33.8. The molecule has 69 heavy (non-hydrogen) atoms. The lowest BCUT2D eigenvalue weighted by molar-refractivity contribution is 0.337. The smallest absolute Gasteiger partial charge is 0.137 e. The second-order valence-electron chi connectivity index (χ2n) is 21.0. The van der Waals surface area contributed by atoms with Gasteiger partial charge in [0.2, 0.25) is 0 Å². The van der Waals surface area contributed by atoms with Gasteiger partial charge in [-0.1, -0.05) is 175 Å². The molecule has 1 aliphatic heterocycles. The van der Waals surface area contributed by atoms with E-state index >= 15 is 0 Å². The maximum atomic E-state index is 6.90. The zero-order valence-electron chi connectivity index (χ0n) is 40.4. The van der Waals surface area contributed by atoms with Crippen molar-refractivity contribution in [3.63, 3.8) is 0 Å². The molecule has 0 spiro atoms. The average molecular weight is 903 g/mol. The Balaban J connectivity index is 0.968. The minimum absolute atomic E-state index is 0.00623. The standard InChI is InChI=1S/C64H62N4O/c1-62(2,3)48-36-41-65-60(42-48)68-56-31-13-12-28-52(56)53-35-34-51(44-59(53)68)69-50-27-20-26-49(43-50)66-45-67(58-33-15-14-32-57(58)66)61-54(63(37-16-6-17-38-63)46-22-8-4-9-23-46)29-21-30-55(61)64(39-18-7-19-40-64)47-24-10-5-11-25-47/h4-5,8-15,20-36,41-44H,6-7,16-19,37-40,45H2,1-3H3. The van der Waals surface area contributed by atoms with Crippen molar-refractivity contribution in [3.05, 3.63) is 216 Å². The summed E-state index contributed by atoms with van der Waals surface area (Å²) in [6.07, 6.45) is 14.0. The molecule has 2 aliphatic carbocycles. The first-order valence-corrected chi connectivity index (χ1v) is 25.5. The number of fused-ring (bicyclic) bond motifs is 4. The van der Waals surface area contributed by atoms with Gasteiger partial charge in [0.05, 0.1) is 28.1 Å². The number of hydrogen-bond donors (Lipinski definition) is 0. The molecule has 0 radical (unpaired) electrons. The number of para-hydroxylation sites is 4. The van der Waals surface area contributed by atoms with Crippen LogP contribution in [0, 0.1) is 0 Å². The molecular formula is C64H62N4O. The van der Waals surface area contributed by atoms with E-state index in [0.717, 1.165) is 59.7 Å². The molecule has 3 aliphatic rings. The molecule has 2 saturated carbocycles. The monoisotopic (exact) mass is 902 g/mol. The highest BCUT2D eigenvalue weighted by Crippen LogP contribution is 2.57. The maximum Gasteiger partial charge on any atom is 0.137 e. The van der Waals surface area contributed by atoms with Crippen LogP contribution in [0.4, 0.5) is 22.7 Å². The molecule has 12 rings (SSSR count). The number of hydrogen-bond acceptors (Lipinski definition) is 4. The number of ether oxygens (including phenoxy) is 1. The van der Waals surface area contributed by atoms with Crippen LogP contribution in [0.1, 0.15) is 113 Å². The minimum atomic E-state index is -0.0915. The fourth-order valence-corrected chi connectivity index (χ4v) is 12.6. The van der Waals surface area contributed by atoms with Gasteiger partial charge in [0.1, 0.15) is 24.0 Å². The molecule has 0 saturated heterocycles. The van der Waals surface area contributed by atoms with Crippen molar-refractivity contribution in [1.29, 1.82) is 0 Å². The summed E-state index contributed by atoms with van der Waals surface area (Å²) in [5, 5.41) is 2.37. The van der Waals surface area contributed by atoms with Crippen LogP contribution in [0.15, 0.2) is 188 Å². The average Bonchev–Trinajstić information content (AvgIpc) is 3.95. The summed E-state index contributed by atoms with van der Waals surface area (Å²) in [6.45, 7) is 7.45. The van der Waals surface area contributed by atoms with Gasteiger partial charge in [0.25, 0.3) is 0 Å². The van der Waals surface area contributed by atoms with Crippen molar-refractivity contribution >= 4 is 44.6 Å². The van der Waals surface area contributed by atoms with Crippen molar-refractivity contribution in [2.45, 2.75) is 101 Å². The molecule has 0 N–H and O–H groups in total. The fourth-order valence-electron chi connectivity index (χ4n) is 12.6. The third kappa shape index (κ3) is 7.49. The molecule has 5 nitrogen and oxygen atoms in total. The molecule has 2 fully saturated rings. The number of anilines is 4. The quantitative estimate of drug-likeness (QED) is 0.145. The molecule has 5 heteroatoms. The normalized spacial score (nSPS) is 16.7.